The van der Waals surface area contributed by atoms with Gasteiger partial charge in [-0.15, -0.1) is 0 Å². The maximum atomic E-state index is 12.9. The minimum atomic E-state index is -0.266. The normalized spacial score (nSPS) is 11.3. The molecule has 2 heterocycles. The quantitative estimate of drug-likeness (QED) is 0.601. The number of amides is 1. The summed E-state index contributed by atoms with van der Waals surface area (Å²) in [6.07, 6.45) is 1.57. The molecule has 0 radical (unpaired) electrons. The standard InChI is InChI=1S/C24H27N5O2/c1-15(2)21-13-20(28-29(21)24(4,5)6)22(30)27-19-10-9-18(12-16(19)3)31-23-17(14-25)8-7-11-26-23/h7-13,15H,1-6H3,(H,27,30). The molecule has 2 aromatic heterocycles. The number of hydrogen-bond acceptors (Lipinski definition) is 5. The van der Waals surface area contributed by atoms with Gasteiger partial charge in [0.05, 0.1) is 5.54 Å². The number of benzene rings is 1. The number of carbonyl (C=O) groups is 1. The molecular weight excluding hydrogens is 390 g/mol. The first-order chi connectivity index (χ1) is 14.6. The molecule has 0 saturated heterocycles. The zero-order valence-corrected chi connectivity index (χ0v) is 18.7. The lowest BCUT2D eigenvalue weighted by atomic mass is 10.1. The first-order valence-electron chi connectivity index (χ1n) is 10.2. The Labute approximate surface area is 182 Å². The Hall–Kier alpha value is -3.66. The molecule has 0 atom stereocenters. The fourth-order valence-electron chi connectivity index (χ4n) is 3.15. The van der Waals surface area contributed by atoms with E-state index in [0.29, 0.717) is 22.7 Å². The summed E-state index contributed by atoms with van der Waals surface area (Å²) in [6.45, 7) is 12.2. The minimum absolute atomic E-state index is 0.221. The van der Waals surface area contributed by atoms with Gasteiger partial charge < -0.3 is 10.1 Å². The summed E-state index contributed by atoms with van der Waals surface area (Å²) in [4.78, 5) is 17.0. The molecule has 0 aliphatic heterocycles. The van der Waals surface area contributed by atoms with Gasteiger partial charge in [0.15, 0.2) is 5.69 Å². The average Bonchev–Trinajstić information content (AvgIpc) is 3.17. The Morgan fingerprint density at radius 1 is 1.23 bits per heavy atom. The highest BCUT2D eigenvalue weighted by Crippen LogP contribution is 2.28. The third kappa shape index (κ3) is 4.92. The number of aromatic nitrogens is 3. The SMILES string of the molecule is Cc1cc(Oc2ncccc2C#N)ccc1NC(=O)c1cc(C(C)C)n(C(C)(C)C)n1. The summed E-state index contributed by atoms with van der Waals surface area (Å²) >= 11 is 0. The molecule has 160 valence electrons. The van der Waals surface area contributed by atoms with Gasteiger partial charge in [0.1, 0.15) is 17.4 Å². The van der Waals surface area contributed by atoms with E-state index >= 15 is 0 Å². The topological polar surface area (TPSA) is 92.8 Å². The number of rotatable bonds is 5. The van der Waals surface area contributed by atoms with Gasteiger partial charge in [-0.2, -0.15) is 10.4 Å². The van der Waals surface area contributed by atoms with Gasteiger partial charge >= 0.3 is 0 Å². The predicted octanol–water partition coefficient (Wildman–Crippen LogP) is 5.38. The Kier molecular flexibility index (Phi) is 6.11. The van der Waals surface area contributed by atoms with Gasteiger partial charge in [-0.25, -0.2) is 4.98 Å². The van der Waals surface area contributed by atoms with Crippen LogP contribution in [0.5, 0.6) is 11.6 Å². The van der Waals surface area contributed by atoms with Crippen molar-refractivity contribution in [2.75, 3.05) is 5.32 Å². The van der Waals surface area contributed by atoms with Crippen LogP contribution >= 0.6 is 0 Å². The third-order valence-electron chi connectivity index (χ3n) is 4.75. The van der Waals surface area contributed by atoms with Crippen LogP contribution in [0.25, 0.3) is 0 Å². The maximum absolute atomic E-state index is 12.9. The first kappa shape index (κ1) is 22.0. The molecule has 0 saturated carbocycles. The second-order valence-electron chi connectivity index (χ2n) is 8.69. The van der Waals surface area contributed by atoms with E-state index in [4.69, 9.17) is 4.74 Å². The summed E-state index contributed by atoms with van der Waals surface area (Å²) in [7, 11) is 0. The number of hydrogen-bond donors (Lipinski definition) is 1. The number of aryl methyl sites for hydroxylation is 1. The monoisotopic (exact) mass is 417 g/mol. The van der Waals surface area contributed by atoms with E-state index in [1.165, 1.54) is 0 Å². The molecule has 1 N–H and O–H groups in total. The highest BCUT2D eigenvalue weighted by molar-refractivity contribution is 6.03. The number of nitrogens with zero attached hydrogens (tertiary/aromatic N) is 4. The molecule has 0 unspecified atom stereocenters. The number of carbonyl (C=O) groups excluding carboxylic acids is 1. The summed E-state index contributed by atoms with van der Waals surface area (Å²) in [5.41, 5.74) is 3.01. The Morgan fingerprint density at radius 2 is 1.97 bits per heavy atom. The second kappa shape index (κ2) is 8.60. The average molecular weight is 418 g/mol. The van der Waals surface area contributed by atoms with Gasteiger partial charge in [-0.1, -0.05) is 13.8 Å². The predicted molar refractivity (Wildman–Crippen MR) is 119 cm³/mol. The molecule has 0 bridgehead atoms. The summed E-state index contributed by atoms with van der Waals surface area (Å²) in [6, 6.07) is 12.5. The highest BCUT2D eigenvalue weighted by atomic mass is 16.5. The molecule has 7 heteroatoms. The van der Waals surface area contributed by atoms with Crippen molar-refractivity contribution in [3.05, 3.63) is 65.1 Å². The molecule has 0 fully saturated rings. The van der Waals surface area contributed by atoms with Crippen molar-refractivity contribution in [2.24, 2.45) is 0 Å². The van der Waals surface area contributed by atoms with Crippen molar-refractivity contribution in [2.45, 2.75) is 53.0 Å². The van der Waals surface area contributed by atoms with Crippen LogP contribution in [0, 0.1) is 18.3 Å². The third-order valence-corrected chi connectivity index (χ3v) is 4.75. The van der Waals surface area contributed by atoms with Crippen molar-refractivity contribution in [1.82, 2.24) is 14.8 Å². The molecule has 31 heavy (non-hydrogen) atoms. The first-order valence-corrected chi connectivity index (χ1v) is 10.2. The Morgan fingerprint density at radius 3 is 2.55 bits per heavy atom. The van der Waals surface area contributed by atoms with Crippen LogP contribution in [-0.4, -0.2) is 20.7 Å². The van der Waals surface area contributed by atoms with E-state index in [9.17, 15) is 10.1 Å². The zero-order valence-electron chi connectivity index (χ0n) is 18.7. The van der Waals surface area contributed by atoms with Crippen LogP contribution in [0.15, 0.2) is 42.6 Å². The van der Waals surface area contributed by atoms with Gasteiger partial charge in [0.2, 0.25) is 5.88 Å². The molecule has 3 aromatic rings. The van der Waals surface area contributed by atoms with E-state index in [2.05, 4.69) is 56.1 Å². The van der Waals surface area contributed by atoms with Crippen LogP contribution in [0.2, 0.25) is 0 Å². The van der Waals surface area contributed by atoms with E-state index < -0.39 is 0 Å². The van der Waals surface area contributed by atoms with Crippen molar-refractivity contribution < 1.29 is 9.53 Å². The highest BCUT2D eigenvalue weighted by Gasteiger charge is 2.24. The van der Waals surface area contributed by atoms with Gasteiger partial charge in [-0.05, 0) is 75.6 Å². The fourth-order valence-corrected chi connectivity index (χ4v) is 3.15. The van der Waals surface area contributed by atoms with E-state index in [1.807, 2.05) is 17.7 Å². The van der Waals surface area contributed by atoms with Gasteiger partial charge in [0.25, 0.3) is 5.91 Å². The molecule has 0 spiro atoms. The van der Waals surface area contributed by atoms with Crippen LogP contribution < -0.4 is 10.1 Å². The van der Waals surface area contributed by atoms with Crippen LogP contribution in [0.1, 0.15) is 67.8 Å². The molecule has 0 aliphatic carbocycles. The smallest absolute Gasteiger partial charge is 0.276 e. The Balaban J connectivity index is 1.81. The van der Waals surface area contributed by atoms with E-state index in [0.717, 1.165) is 11.3 Å². The van der Waals surface area contributed by atoms with Crippen molar-refractivity contribution in [1.29, 1.82) is 5.26 Å². The van der Waals surface area contributed by atoms with E-state index in [-0.39, 0.29) is 23.2 Å². The molecule has 0 aliphatic rings. The Bertz CT molecular complexity index is 1150. The number of nitriles is 1. The van der Waals surface area contributed by atoms with Crippen LogP contribution in [0.3, 0.4) is 0 Å². The molecule has 7 nitrogen and oxygen atoms in total. The summed E-state index contributed by atoms with van der Waals surface area (Å²) in [5.74, 6) is 0.759. The molecule has 3 rings (SSSR count). The summed E-state index contributed by atoms with van der Waals surface area (Å²) < 4.78 is 7.66. The van der Waals surface area contributed by atoms with Gasteiger partial charge in [-0.3, -0.25) is 9.48 Å². The van der Waals surface area contributed by atoms with Crippen molar-refractivity contribution in [3.63, 3.8) is 0 Å². The van der Waals surface area contributed by atoms with Crippen LogP contribution in [0.4, 0.5) is 5.69 Å². The van der Waals surface area contributed by atoms with E-state index in [1.54, 1.807) is 36.5 Å². The lowest BCUT2D eigenvalue weighted by Crippen LogP contribution is -2.26. The lowest BCUT2D eigenvalue weighted by molar-refractivity contribution is 0.102. The molecular formula is C24H27N5O2. The lowest BCUT2D eigenvalue weighted by Gasteiger charge is -2.23. The molecule has 1 amide bonds. The number of anilines is 1. The zero-order chi connectivity index (χ0) is 22.8. The van der Waals surface area contributed by atoms with Crippen molar-refractivity contribution in [3.8, 4) is 17.7 Å². The number of ether oxygens (including phenoxy) is 1. The second-order valence-corrected chi connectivity index (χ2v) is 8.69. The molecule has 1 aromatic carbocycles. The van der Waals surface area contributed by atoms with Crippen molar-refractivity contribution >= 4 is 11.6 Å². The number of nitrogens with one attached hydrogen (secondary N) is 1. The summed E-state index contributed by atoms with van der Waals surface area (Å²) in [5, 5.41) is 16.7. The minimum Gasteiger partial charge on any atom is -0.438 e. The van der Waals surface area contributed by atoms with Gasteiger partial charge in [0, 0.05) is 17.6 Å². The largest absolute Gasteiger partial charge is 0.438 e. The maximum Gasteiger partial charge on any atom is 0.276 e. The number of pyridine rings is 1. The van der Waals surface area contributed by atoms with Crippen LogP contribution in [-0.2, 0) is 5.54 Å². The fraction of sp³-hybridized carbons (Fsp3) is 0.333.